The van der Waals surface area contributed by atoms with E-state index in [-0.39, 0.29) is 23.7 Å². The minimum Gasteiger partial charge on any atom is -0.465 e. The number of hydrogen-bond acceptors (Lipinski definition) is 6. The van der Waals surface area contributed by atoms with Gasteiger partial charge in [0.25, 0.3) is 0 Å². The number of furan rings is 2. The van der Waals surface area contributed by atoms with Gasteiger partial charge in [-0.1, -0.05) is 18.2 Å². The Bertz CT molecular complexity index is 793. The summed E-state index contributed by atoms with van der Waals surface area (Å²) in [4.78, 5) is 23.5. The lowest BCUT2D eigenvalue weighted by molar-refractivity contribution is 0.0401. The number of hydrogen-bond donors (Lipinski definition) is 0. The van der Waals surface area contributed by atoms with Gasteiger partial charge in [-0.25, -0.2) is 9.59 Å². The van der Waals surface area contributed by atoms with Gasteiger partial charge in [0.15, 0.2) is 12.4 Å². The summed E-state index contributed by atoms with van der Waals surface area (Å²) in [6, 6.07) is 10.3. The number of esters is 2. The molecule has 0 saturated heterocycles. The smallest absolute Gasteiger partial charge is 0.374 e. The number of carbonyl (C=O) groups excluding carboxylic acids is 2. The first-order valence-electron chi connectivity index (χ1n) is 6.49. The van der Waals surface area contributed by atoms with Crippen molar-refractivity contribution in [1.82, 2.24) is 0 Å². The fourth-order valence-electron chi connectivity index (χ4n) is 2.03. The highest BCUT2D eigenvalue weighted by atomic mass is 16.6. The molecule has 0 N–H and O–H groups in total. The molecule has 0 bridgehead atoms. The zero-order valence-corrected chi connectivity index (χ0v) is 11.7. The van der Waals surface area contributed by atoms with E-state index in [1.54, 1.807) is 12.1 Å². The molecule has 1 aromatic carbocycles. The summed E-state index contributed by atoms with van der Waals surface area (Å²) < 4.78 is 20.2. The summed E-state index contributed by atoms with van der Waals surface area (Å²) in [5.41, 5.74) is 0.822. The van der Waals surface area contributed by atoms with Crippen LogP contribution in [-0.4, -0.2) is 19.0 Å². The first kappa shape index (κ1) is 13.9. The Morgan fingerprint density at radius 3 is 2.73 bits per heavy atom. The zero-order valence-electron chi connectivity index (χ0n) is 11.7. The third kappa shape index (κ3) is 2.58. The molecule has 0 radical (unpaired) electrons. The fraction of sp³-hybridized carbons (Fsp3) is 0.125. The molecule has 22 heavy (non-hydrogen) atoms. The molecule has 0 saturated carbocycles. The van der Waals surface area contributed by atoms with Crippen LogP contribution in [0.25, 0.3) is 11.0 Å². The fourth-order valence-corrected chi connectivity index (χ4v) is 2.03. The molecule has 0 aliphatic heterocycles. The van der Waals surface area contributed by atoms with Crippen LogP contribution >= 0.6 is 0 Å². The van der Waals surface area contributed by atoms with Gasteiger partial charge in [0.05, 0.1) is 13.4 Å². The standard InChI is InChI=1S/C16H12O6/c1-19-15(17)11-6-7-20-14(11)9-21-16(18)13-8-10-4-2-3-5-12(10)22-13/h2-8H,9H2,1H3. The van der Waals surface area contributed by atoms with Crippen LogP contribution in [0.3, 0.4) is 0 Å². The van der Waals surface area contributed by atoms with E-state index in [9.17, 15) is 9.59 Å². The van der Waals surface area contributed by atoms with E-state index in [0.29, 0.717) is 5.58 Å². The van der Waals surface area contributed by atoms with Gasteiger partial charge in [0.1, 0.15) is 11.1 Å². The maximum atomic E-state index is 12.0. The molecule has 0 aliphatic carbocycles. The Kier molecular flexibility index (Phi) is 3.65. The van der Waals surface area contributed by atoms with Crippen LogP contribution in [0, 0.1) is 0 Å². The average Bonchev–Trinajstić information content (AvgIpc) is 3.18. The molecule has 3 rings (SSSR count). The number of carbonyl (C=O) groups is 2. The van der Waals surface area contributed by atoms with Crippen LogP contribution < -0.4 is 0 Å². The zero-order chi connectivity index (χ0) is 15.5. The average molecular weight is 300 g/mol. The van der Waals surface area contributed by atoms with Crippen molar-refractivity contribution in [3.63, 3.8) is 0 Å². The van der Waals surface area contributed by atoms with Crippen LogP contribution in [0.1, 0.15) is 26.7 Å². The third-order valence-corrected chi connectivity index (χ3v) is 3.11. The van der Waals surface area contributed by atoms with Crippen LogP contribution in [0.4, 0.5) is 0 Å². The number of rotatable bonds is 4. The highest BCUT2D eigenvalue weighted by Crippen LogP contribution is 2.20. The van der Waals surface area contributed by atoms with Gasteiger partial charge in [-0.15, -0.1) is 0 Å². The largest absolute Gasteiger partial charge is 0.465 e. The van der Waals surface area contributed by atoms with Crippen molar-refractivity contribution in [2.24, 2.45) is 0 Å². The highest BCUT2D eigenvalue weighted by Gasteiger charge is 2.19. The molecule has 6 heteroatoms. The van der Waals surface area contributed by atoms with Crippen LogP contribution in [0.2, 0.25) is 0 Å². The molecule has 0 atom stereocenters. The van der Waals surface area contributed by atoms with Gasteiger partial charge in [-0.2, -0.15) is 0 Å². The van der Waals surface area contributed by atoms with Crippen molar-refractivity contribution < 1.29 is 27.9 Å². The van der Waals surface area contributed by atoms with Crippen molar-refractivity contribution in [2.75, 3.05) is 7.11 Å². The van der Waals surface area contributed by atoms with Crippen molar-refractivity contribution in [2.45, 2.75) is 6.61 Å². The molecule has 0 unspecified atom stereocenters. The topological polar surface area (TPSA) is 78.9 Å². The molecule has 2 heterocycles. The number of fused-ring (bicyclic) bond motifs is 1. The van der Waals surface area contributed by atoms with Gasteiger partial charge in [0.2, 0.25) is 5.76 Å². The summed E-state index contributed by atoms with van der Waals surface area (Å²) in [6.07, 6.45) is 1.33. The van der Waals surface area contributed by atoms with Gasteiger partial charge in [-0.05, 0) is 18.2 Å². The van der Waals surface area contributed by atoms with Crippen molar-refractivity contribution in [3.05, 3.63) is 59.7 Å². The number of benzene rings is 1. The van der Waals surface area contributed by atoms with E-state index in [2.05, 4.69) is 4.74 Å². The first-order valence-corrected chi connectivity index (χ1v) is 6.49. The Labute approximate surface area is 125 Å². The van der Waals surface area contributed by atoms with E-state index < -0.39 is 11.9 Å². The summed E-state index contributed by atoms with van der Waals surface area (Å²) in [7, 11) is 1.26. The van der Waals surface area contributed by atoms with Crippen LogP contribution in [0.15, 0.2) is 51.5 Å². The maximum Gasteiger partial charge on any atom is 0.374 e. The second-order valence-corrected chi connectivity index (χ2v) is 4.47. The van der Waals surface area contributed by atoms with E-state index in [1.807, 2.05) is 18.2 Å². The van der Waals surface area contributed by atoms with Gasteiger partial charge < -0.3 is 18.3 Å². The number of ether oxygens (including phenoxy) is 2. The summed E-state index contributed by atoms with van der Waals surface area (Å²) in [6.45, 7) is -0.187. The first-order chi connectivity index (χ1) is 10.7. The molecule has 0 fully saturated rings. The molecule has 0 spiro atoms. The number of methoxy groups -OCH3 is 1. The van der Waals surface area contributed by atoms with Crippen molar-refractivity contribution in [1.29, 1.82) is 0 Å². The summed E-state index contributed by atoms with van der Waals surface area (Å²) >= 11 is 0. The molecule has 0 aliphatic rings. The molecule has 6 nitrogen and oxygen atoms in total. The monoisotopic (exact) mass is 300 g/mol. The van der Waals surface area contributed by atoms with Crippen LogP contribution in [-0.2, 0) is 16.1 Å². The van der Waals surface area contributed by atoms with E-state index in [0.717, 1.165) is 5.39 Å². The normalized spacial score (nSPS) is 10.6. The number of para-hydroxylation sites is 1. The predicted molar refractivity (Wildman–Crippen MR) is 75.4 cm³/mol. The predicted octanol–water partition coefficient (Wildman–Crippen LogP) is 3.17. The van der Waals surface area contributed by atoms with Gasteiger partial charge >= 0.3 is 11.9 Å². The third-order valence-electron chi connectivity index (χ3n) is 3.11. The Hall–Kier alpha value is -3.02. The molecular weight excluding hydrogens is 288 g/mol. The Morgan fingerprint density at radius 2 is 1.95 bits per heavy atom. The highest BCUT2D eigenvalue weighted by molar-refractivity contribution is 5.93. The second-order valence-electron chi connectivity index (χ2n) is 4.47. The van der Waals surface area contributed by atoms with Gasteiger partial charge in [0, 0.05) is 5.39 Å². The van der Waals surface area contributed by atoms with E-state index in [4.69, 9.17) is 13.6 Å². The molecule has 3 aromatic rings. The van der Waals surface area contributed by atoms with E-state index >= 15 is 0 Å². The molecule has 2 aromatic heterocycles. The summed E-state index contributed by atoms with van der Waals surface area (Å²) in [5, 5.41) is 0.808. The quantitative estimate of drug-likeness (QED) is 0.689. The SMILES string of the molecule is COC(=O)c1ccoc1COC(=O)c1cc2ccccc2o1. The molecule has 112 valence electrons. The second kappa shape index (κ2) is 5.77. The summed E-state index contributed by atoms with van der Waals surface area (Å²) in [5.74, 6) is -0.879. The van der Waals surface area contributed by atoms with Crippen molar-refractivity contribution >= 4 is 22.9 Å². The van der Waals surface area contributed by atoms with E-state index in [1.165, 1.54) is 19.4 Å². The minimum atomic E-state index is -0.636. The van der Waals surface area contributed by atoms with Crippen molar-refractivity contribution in [3.8, 4) is 0 Å². The lowest BCUT2D eigenvalue weighted by Crippen LogP contribution is -2.07. The molecular formula is C16H12O6. The van der Waals surface area contributed by atoms with Crippen LogP contribution in [0.5, 0.6) is 0 Å². The van der Waals surface area contributed by atoms with Gasteiger partial charge in [-0.3, -0.25) is 0 Å². The maximum absolute atomic E-state index is 12.0. The lowest BCUT2D eigenvalue weighted by atomic mass is 10.2. The minimum absolute atomic E-state index is 0.0902. The molecule has 0 amide bonds. The lowest BCUT2D eigenvalue weighted by Gasteiger charge is -2.02. The Morgan fingerprint density at radius 1 is 1.14 bits per heavy atom. The Balaban J connectivity index is 1.72.